The summed E-state index contributed by atoms with van der Waals surface area (Å²) in [6.45, 7) is 2.64. The van der Waals surface area contributed by atoms with E-state index in [0.717, 1.165) is 17.8 Å². The number of hydrogen-bond acceptors (Lipinski definition) is 3. The number of carbonyl (C=O) groups is 1. The molecular formula is C15H15Cl2N3O. The van der Waals surface area contributed by atoms with Crippen molar-refractivity contribution in [1.82, 2.24) is 10.3 Å². The molecule has 6 heteroatoms. The maximum atomic E-state index is 11.7. The molecule has 0 aliphatic heterocycles. The van der Waals surface area contributed by atoms with E-state index in [2.05, 4.69) is 15.6 Å². The Hall–Kier alpha value is -1.78. The molecule has 0 saturated heterocycles. The van der Waals surface area contributed by atoms with E-state index in [-0.39, 0.29) is 5.91 Å². The monoisotopic (exact) mass is 323 g/mol. The van der Waals surface area contributed by atoms with E-state index in [0.29, 0.717) is 22.3 Å². The molecule has 0 saturated carbocycles. The minimum absolute atomic E-state index is 0.172. The van der Waals surface area contributed by atoms with E-state index >= 15 is 0 Å². The lowest BCUT2D eigenvalue weighted by Crippen LogP contribution is -2.24. The van der Waals surface area contributed by atoms with Crippen LogP contribution in [0.4, 0.5) is 11.4 Å². The van der Waals surface area contributed by atoms with Crippen LogP contribution >= 0.6 is 23.2 Å². The summed E-state index contributed by atoms with van der Waals surface area (Å²) in [5.41, 5.74) is 1.90. The third-order valence-corrected chi connectivity index (χ3v) is 3.12. The van der Waals surface area contributed by atoms with Crippen molar-refractivity contribution < 1.29 is 4.79 Å². The molecule has 0 aliphatic carbocycles. The summed E-state index contributed by atoms with van der Waals surface area (Å²) in [4.78, 5) is 15.9. The Labute approximate surface area is 133 Å². The molecule has 0 spiro atoms. The van der Waals surface area contributed by atoms with Crippen molar-refractivity contribution in [2.24, 2.45) is 0 Å². The van der Waals surface area contributed by atoms with Gasteiger partial charge in [0.2, 0.25) is 0 Å². The first-order chi connectivity index (χ1) is 10.1. The van der Waals surface area contributed by atoms with Crippen LogP contribution in [0.1, 0.15) is 23.8 Å². The fourth-order valence-electron chi connectivity index (χ4n) is 1.72. The molecule has 1 amide bonds. The first-order valence-electron chi connectivity index (χ1n) is 6.56. The van der Waals surface area contributed by atoms with Gasteiger partial charge < -0.3 is 10.6 Å². The van der Waals surface area contributed by atoms with Crippen LogP contribution in [-0.4, -0.2) is 17.4 Å². The highest BCUT2D eigenvalue weighted by molar-refractivity contribution is 6.35. The van der Waals surface area contributed by atoms with Crippen molar-refractivity contribution in [3.05, 3.63) is 52.3 Å². The zero-order chi connectivity index (χ0) is 15.2. The summed E-state index contributed by atoms with van der Waals surface area (Å²) < 4.78 is 0. The number of nitrogens with zero attached hydrogens (tertiary/aromatic N) is 1. The van der Waals surface area contributed by atoms with E-state index in [1.165, 1.54) is 0 Å². The van der Waals surface area contributed by atoms with Gasteiger partial charge in [-0.15, -0.1) is 0 Å². The Morgan fingerprint density at radius 1 is 1.14 bits per heavy atom. The Kier molecular flexibility index (Phi) is 5.42. The van der Waals surface area contributed by atoms with Gasteiger partial charge in [0.05, 0.1) is 11.9 Å². The molecule has 21 heavy (non-hydrogen) atoms. The Morgan fingerprint density at radius 2 is 1.86 bits per heavy atom. The first kappa shape index (κ1) is 15.6. The molecule has 2 rings (SSSR count). The number of carbonyl (C=O) groups excluding carboxylic acids is 1. The molecule has 0 aliphatic rings. The van der Waals surface area contributed by atoms with Crippen LogP contribution in [0, 0.1) is 0 Å². The van der Waals surface area contributed by atoms with Crippen LogP contribution in [0.2, 0.25) is 10.0 Å². The van der Waals surface area contributed by atoms with Crippen molar-refractivity contribution in [2.75, 3.05) is 11.9 Å². The third-order valence-electron chi connectivity index (χ3n) is 2.68. The number of amides is 1. The maximum Gasteiger partial charge on any atom is 0.269 e. The second-order valence-electron chi connectivity index (χ2n) is 4.47. The van der Waals surface area contributed by atoms with Crippen LogP contribution in [0.25, 0.3) is 0 Å². The van der Waals surface area contributed by atoms with Crippen LogP contribution in [0.15, 0.2) is 36.5 Å². The first-order valence-corrected chi connectivity index (χ1v) is 7.31. The molecule has 1 heterocycles. The largest absolute Gasteiger partial charge is 0.354 e. The van der Waals surface area contributed by atoms with E-state index in [1.807, 2.05) is 6.92 Å². The summed E-state index contributed by atoms with van der Waals surface area (Å²) in [5, 5.41) is 7.01. The van der Waals surface area contributed by atoms with Crippen molar-refractivity contribution in [3.8, 4) is 0 Å². The average Bonchev–Trinajstić information content (AvgIpc) is 2.44. The fraction of sp³-hybridized carbons (Fsp3) is 0.200. The number of pyridine rings is 1. The lowest BCUT2D eigenvalue weighted by Gasteiger charge is -2.08. The van der Waals surface area contributed by atoms with Gasteiger partial charge in [-0.2, -0.15) is 0 Å². The molecule has 2 aromatic rings. The zero-order valence-electron chi connectivity index (χ0n) is 11.5. The Morgan fingerprint density at radius 3 is 2.43 bits per heavy atom. The van der Waals surface area contributed by atoms with Gasteiger partial charge >= 0.3 is 0 Å². The predicted molar refractivity (Wildman–Crippen MR) is 86.6 cm³/mol. The van der Waals surface area contributed by atoms with Crippen molar-refractivity contribution in [3.63, 3.8) is 0 Å². The average molecular weight is 324 g/mol. The van der Waals surface area contributed by atoms with E-state index in [4.69, 9.17) is 23.2 Å². The summed E-state index contributed by atoms with van der Waals surface area (Å²) in [5.74, 6) is -0.172. The van der Waals surface area contributed by atoms with E-state index in [9.17, 15) is 4.79 Å². The van der Waals surface area contributed by atoms with Gasteiger partial charge in [0, 0.05) is 22.3 Å². The number of nitrogens with one attached hydrogen (secondary N) is 2. The molecule has 0 atom stereocenters. The van der Waals surface area contributed by atoms with Gasteiger partial charge in [-0.25, -0.2) is 4.98 Å². The number of benzene rings is 1. The molecule has 0 fully saturated rings. The second kappa shape index (κ2) is 7.29. The number of halogens is 2. The van der Waals surface area contributed by atoms with Gasteiger partial charge in [0.1, 0.15) is 5.69 Å². The number of anilines is 2. The van der Waals surface area contributed by atoms with Crippen molar-refractivity contribution in [2.45, 2.75) is 13.3 Å². The topological polar surface area (TPSA) is 54.0 Å². The van der Waals surface area contributed by atoms with E-state index in [1.54, 1.807) is 36.5 Å². The van der Waals surface area contributed by atoms with E-state index < -0.39 is 0 Å². The molecule has 4 nitrogen and oxygen atoms in total. The number of hydrogen-bond donors (Lipinski definition) is 2. The fourth-order valence-corrected chi connectivity index (χ4v) is 2.25. The maximum absolute atomic E-state index is 11.7. The predicted octanol–water partition coefficient (Wildman–Crippen LogP) is 4.27. The SMILES string of the molecule is CCCNC(=O)c1ccc(Nc2cc(Cl)cc(Cl)c2)cn1. The van der Waals surface area contributed by atoms with Crippen LogP contribution in [0.5, 0.6) is 0 Å². The Bertz CT molecular complexity index is 609. The van der Waals surface area contributed by atoms with Crippen molar-refractivity contribution in [1.29, 1.82) is 0 Å². The highest BCUT2D eigenvalue weighted by atomic mass is 35.5. The molecule has 2 N–H and O–H groups in total. The minimum atomic E-state index is -0.172. The zero-order valence-corrected chi connectivity index (χ0v) is 13.0. The van der Waals surface area contributed by atoms with Gasteiger partial charge in [-0.1, -0.05) is 30.1 Å². The summed E-state index contributed by atoms with van der Waals surface area (Å²) >= 11 is 11.9. The second-order valence-corrected chi connectivity index (χ2v) is 5.34. The molecule has 0 unspecified atom stereocenters. The lowest BCUT2D eigenvalue weighted by atomic mass is 10.2. The van der Waals surface area contributed by atoms with Crippen LogP contribution in [0.3, 0.4) is 0 Å². The highest BCUT2D eigenvalue weighted by Crippen LogP contribution is 2.25. The van der Waals surface area contributed by atoms with Crippen LogP contribution < -0.4 is 10.6 Å². The molecule has 1 aromatic heterocycles. The van der Waals surface area contributed by atoms with Gasteiger partial charge in [-0.3, -0.25) is 4.79 Å². The highest BCUT2D eigenvalue weighted by Gasteiger charge is 2.06. The summed E-state index contributed by atoms with van der Waals surface area (Å²) in [7, 11) is 0. The van der Waals surface area contributed by atoms with Crippen LogP contribution in [-0.2, 0) is 0 Å². The smallest absolute Gasteiger partial charge is 0.269 e. The molecule has 1 aromatic carbocycles. The summed E-state index contributed by atoms with van der Waals surface area (Å²) in [6.07, 6.45) is 2.48. The molecule has 0 radical (unpaired) electrons. The number of rotatable bonds is 5. The van der Waals surface area contributed by atoms with Gasteiger partial charge in [0.25, 0.3) is 5.91 Å². The summed E-state index contributed by atoms with van der Waals surface area (Å²) in [6, 6.07) is 8.63. The number of aromatic nitrogens is 1. The molecule has 0 bridgehead atoms. The standard InChI is InChI=1S/C15H15Cl2N3O/c1-2-5-18-15(21)14-4-3-12(9-19-14)20-13-7-10(16)6-11(17)8-13/h3-4,6-9,20H,2,5H2,1H3,(H,18,21). The minimum Gasteiger partial charge on any atom is -0.354 e. The van der Waals surface area contributed by atoms with Gasteiger partial charge in [0.15, 0.2) is 0 Å². The lowest BCUT2D eigenvalue weighted by molar-refractivity contribution is 0.0949. The van der Waals surface area contributed by atoms with Gasteiger partial charge in [-0.05, 0) is 36.8 Å². The van der Waals surface area contributed by atoms with Crippen molar-refractivity contribution >= 4 is 40.5 Å². The Balaban J connectivity index is 2.07. The molecule has 110 valence electrons. The quantitative estimate of drug-likeness (QED) is 0.863. The third kappa shape index (κ3) is 4.62. The molecular weight excluding hydrogens is 309 g/mol. The normalized spacial score (nSPS) is 10.2.